The number of likely N-dealkylation sites (N-methyl/N-ethyl adjacent to an activating group) is 1. The van der Waals surface area contributed by atoms with Crippen LogP contribution in [0.15, 0.2) is 23.7 Å². The minimum atomic E-state index is -0.492. The molecule has 0 unspecified atom stereocenters. The van der Waals surface area contributed by atoms with E-state index in [-0.39, 0.29) is 23.5 Å². The van der Waals surface area contributed by atoms with Crippen LogP contribution in [0.3, 0.4) is 0 Å². The van der Waals surface area contributed by atoms with Crippen LogP contribution in [0, 0.1) is 5.92 Å². The summed E-state index contributed by atoms with van der Waals surface area (Å²) in [5.41, 5.74) is 1.44. The van der Waals surface area contributed by atoms with Crippen molar-refractivity contribution in [3.05, 3.63) is 34.8 Å². The minimum absolute atomic E-state index is 0.0376. The van der Waals surface area contributed by atoms with Crippen molar-refractivity contribution in [2.75, 3.05) is 34.9 Å². The van der Waals surface area contributed by atoms with Gasteiger partial charge in [-0.15, -0.1) is 0 Å². The maximum Gasteiger partial charge on any atom is 0.201 e. The number of benzene rings is 1. The summed E-state index contributed by atoms with van der Waals surface area (Å²) in [5, 5.41) is 11.0. The molecule has 4 rings (SSSR count). The molecule has 0 radical (unpaired) electrons. The maximum atomic E-state index is 12.9. The van der Waals surface area contributed by atoms with Gasteiger partial charge in [0.2, 0.25) is 5.78 Å². The van der Waals surface area contributed by atoms with Gasteiger partial charge < -0.3 is 24.2 Å². The smallest absolute Gasteiger partial charge is 0.201 e. The van der Waals surface area contributed by atoms with Crippen LogP contribution in [0.4, 0.5) is 0 Å². The average Bonchev–Trinajstić information content (AvgIpc) is 2.63. The molecule has 0 aromatic heterocycles. The van der Waals surface area contributed by atoms with Crippen LogP contribution in [0.1, 0.15) is 24.0 Å². The van der Waals surface area contributed by atoms with Crippen LogP contribution in [-0.4, -0.2) is 56.8 Å². The number of hydrogen-bond acceptors (Lipinski definition) is 6. The van der Waals surface area contributed by atoms with Gasteiger partial charge in [-0.05, 0) is 38.1 Å². The highest BCUT2D eigenvalue weighted by molar-refractivity contribution is 5.96. The summed E-state index contributed by atoms with van der Waals surface area (Å²) in [7, 11) is 6.77. The van der Waals surface area contributed by atoms with Crippen molar-refractivity contribution in [2.45, 2.75) is 30.7 Å². The van der Waals surface area contributed by atoms with E-state index in [9.17, 15) is 9.90 Å². The van der Waals surface area contributed by atoms with Crippen LogP contribution in [0.2, 0.25) is 0 Å². The number of carbonyl (C=O) groups excluding carboxylic acids is 1. The fraction of sp³-hybridized carbons (Fsp3) is 0.550. The van der Waals surface area contributed by atoms with Crippen LogP contribution in [-0.2, 0) is 26.1 Å². The number of Topliss-reactive ketones (excluding diaryl/α,β-unsaturated/α-hetero) is 1. The molecule has 6 nitrogen and oxygen atoms in total. The van der Waals surface area contributed by atoms with Gasteiger partial charge in [0.15, 0.2) is 17.3 Å². The maximum absolute atomic E-state index is 12.9. The van der Waals surface area contributed by atoms with Crippen molar-refractivity contribution in [1.29, 1.82) is 0 Å². The number of likely N-dealkylation sites (tertiary alicyclic amines) is 1. The van der Waals surface area contributed by atoms with Crippen molar-refractivity contribution in [3.63, 3.8) is 0 Å². The Morgan fingerprint density at radius 2 is 1.96 bits per heavy atom. The Labute approximate surface area is 153 Å². The molecular weight excluding hydrogens is 334 g/mol. The molecule has 1 aromatic rings. The number of aromatic hydroxyl groups is 1. The number of phenolic OH excluding ortho intramolecular Hbond substituents is 1. The standard InChI is InChI=1S/C20H25NO5/c1-21-8-7-20-10-13(22)18(25-3)19(26-4)16(20)12(21)9-11-5-6-14(24-2)17(23)15(11)20/h5-6,12,16,23H,7-10H2,1-4H3/t12-,16+,20-/m1/s1. The third kappa shape index (κ3) is 2.05. The molecule has 3 aliphatic rings. The van der Waals surface area contributed by atoms with Gasteiger partial charge in [-0.3, -0.25) is 4.79 Å². The van der Waals surface area contributed by atoms with E-state index in [2.05, 4.69) is 11.9 Å². The Bertz CT molecular complexity index is 802. The summed E-state index contributed by atoms with van der Waals surface area (Å²) in [6.45, 7) is 0.865. The van der Waals surface area contributed by atoms with Crippen molar-refractivity contribution < 1.29 is 24.1 Å². The molecule has 1 saturated heterocycles. The number of rotatable bonds is 3. The van der Waals surface area contributed by atoms with Crippen LogP contribution >= 0.6 is 0 Å². The number of carbonyl (C=O) groups is 1. The highest BCUT2D eigenvalue weighted by atomic mass is 16.5. The zero-order valence-corrected chi connectivity index (χ0v) is 15.7. The first kappa shape index (κ1) is 17.2. The number of methoxy groups -OCH3 is 3. The van der Waals surface area contributed by atoms with Gasteiger partial charge in [0.25, 0.3) is 0 Å². The predicted octanol–water partition coefficient (Wildman–Crippen LogP) is 1.99. The number of nitrogens with zero attached hydrogens (tertiary/aromatic N) is 1. The second-order valence-electron chi connectivity index (χ2n) is 7.49. The zero-order chi connectivity index (χ0) is 18.6. The molecule has 1 N–H and O–H groups in total. The molecule has 2 bridgehead atoms. The lowest BCUT2D eigenvalue weighted by atomic mass is 9.53. The number of hydrogen-bond donors (Lipinski definition) is 1. The summed E-state index contributed by atoms with van der Waals surface area (Å²) in [4.78, 5) is 15.2. The monoisotopic (exact) mass is 359 g/mol. The SMILES string of the molecule is COC1=C(OC)[C@@H]2[C@H]3Cc4ccc(OC)c(O)c4[C@@]2(CCN3C)CC1=O. The van der Waals surface area contributed by atoms with Crippen molar-refractivity contribution in [3.8, 4) is 11.5 Å². The van der Waals surface area contributed by atoms with Crippen LogP contribution in [0.5, 0.6) is 11.5 Å². The lowest BCUT2D eigenvalue weighted by Crippen LogP contribution is -2.61. The first-order chi connectivity index (χ1) is 12.5. The Morgan fingerprint density at radius 1 is 1.19 bits per heavy atom. The molecule has 6 heteroatoms. The molecule has 0 amide bonds. The quantitative estimate of drug-likeness (QED) is 0.890. The molecule has 1 aromatic carbocycles. The molecule has 1 fully saturated rings. The fourth-order valence-electron chi connectivity index (χ4n) is 5.40. The first-order valence-corrected chi connectivity index (χ1v) is 8.93. The van der Waals surface area contributed by atoms with Gasteiger partial charge in [-0.2, -0.15) is 0 Å². The number of fused-ring (bicyclic) bond motifs is 1. The van der Waals surface area contributed by atoms with Crippen molar-refractivity contribution >= 4 is 5.78 Å². The number of ether oxygens (including phenoxy) is 3. The topological polar surface area (TPSA) is 68.2 Å². The molecule has 2 aliphatic carbocycles. The van der Waals surface area contributed by atoms with Crippen molar-refractivity contribution in [1.82, 2.24) is 4.90 Å². The molecule has 1 heterocycles. The van der Waals surface area contributed by atoms with E-state index in [1.165, 1.54) is 7.11 Å². The molecule has 1 aliphatic heterocycles. The van der Waals surface area contributed by atoms with E-state index >= 15 is 0 Å². The van der Waals surface area contributed by atoms with Crippen LogP contribution in [0.25, 0.3) is 0 Å². The van der Waals surface area contributed by atoms with Gasteiger partial charge in [-0.25, -0.2) is 0 Å². The summed E-state index contributed by atoms with van der Waals surface area (Å²) < 4.78 is 16.5. The fourth-order valence-corrected chi connectivity index (χ4v) is 5.40. The summed E-state index contributed by atoms with van der Waals surface area (Å²) in [5.74, 6) is 1.42. The van der Waals surface area contributed by atoms with E-state index in [1.54, 1.807) is 20.3 Å². The van der Waals surface area contributed by atoms with Gasteiger partial charge in [0, 0.05) is 29.4 Å². The number of ketones is 1. The molecule has 0 spiro atoms. The summed E-state index contributed by atoms with van der Waals surface area (Å²) >= 11 is 0. The van der Waals surface area contributed by atoms with Crippen LogP contribution < -0.4 is 4.74 Å². The Hall–Kier alpha value is -2.21. The van der Waals surface area contributed by atoms with Gasteiger partial charge in [0.1, 0.15) is 5.76 Å². The Morgan fingerprint density at radius 3 is 2.62 bits per heavy atom. The zero-order valence-electron chi connectivity index (χ0n) is 15.7. The summed E-state index contributed by atoms with van der Waals surface area (Å²) in [6, 6.07) is 4.01. The second kappa shape index (κ2) is 5.91. The highest BCUT2D eigenvalue weighted by Gasteiger charge is 2.60. The molecule has 140 valence electrons. The highest BCUT2D eigenvalue weighted by Crippen LogP contribution is 2.59. The Kier molecular flexibility index (Phi) is 3.91. The number of phenols is 1. The van der Waals surface area contributed by atoms with Gasteiger partial charge >= 0.3 is 0 Å². The summed E-state index contributed by atoms with van der Waals surface area (Å²) in [6.07, 6.45) is 1.87. The number of allylic oxidation sites excluding steroid dienone is 1. The molecular formula is C20H25NO5. The Balaban J connectivity index is 2.02. The lowest BCUT2D eigenvalue weighted by molar-refractivity contribution is -0.125. The average molecular weight is 359 g/mol. The molecule has 3 atom stereocenters. The van der Waals surface area contributed by atoms with E-state index in [1.807, 2.05) is 6.07 Å². The van der Waals surface area contributed by atoms with E-state index in [0.717, 1.165) is 30.5 Å². The molecule has 26 heavy (non-hydrogen) atoms. The third-order valence-electron chi connectivity index (χ3n) is 6.49. The third-order valence-corrected chi connectivity index (χ3v) is 6.49. The first-order valence-electron chi connectivity index (χ1n) is 8.93. The minimum Gasteiger partial charge on any atom is -0.504 e. The largest absolute Gasteiger partial charge is 0.504 e. The lowest BCUT2D eigenvalue weighted by Gasteiger charge is -2.57. The normalized spacial score (nSPS) is 30.5. The van der Waals surface area contributed by atoms with E-state index in [4.69, 9.17) is 14.2 Å². The van der Waals surface area contributed by atoms with E-state index < -0.39 is 5.41 Å². The van der Waals surface area contributed by atoms with Gasteiger partial charge in [0.05, 0.1) is 21.3 Å². The number of piperidine rings is 1. The van der Waals surface area contributed by atoms with Crippen molar-refractivity contribution in [2.24, 2.45) is 5.92 Å². The van der Waals surface area contributed by atoms with Gasteiger partial charge in [-0.1, -0.05) is 6.07 Å². The molecule has 0 saturated carbocycles. The second-order valence-corrected chi connectivity index (χ2v) is 7.49. The van der Waals surface area contributed by atoms with E-state index in [0.29, 0.717) is 23.7 Å². The predicted molar refractivity (Wildman–Crippen MR) is 95.2 cm³/mol.